The standard InChI is InChI=1S/C12H18N2O3/c1-13-10(12(15)16)8-14-7-9-5-3-4-6-11(9)17-2/h3-6,10,13-14H,7-8H2,1-2H3,(H,15,16). The van der Waals surface area contributed by atoms with E-state index in [2.05, 4.69) is 10.6 Å². The Hall–Kier alpha value is -1.59. The molecule has 0 aliphatic rings. The van der Waals surface area contributed by atoms with Gasteiger partial charge in [0.2, 0.25) is 0 Å². The highest BCUT2D eigenvalue weighted by Gasteiger charge is 2.13. The predicted octanol–water partition coefficient (Wildman–Crippen LogP) is 0.457. The van der Waals surface area contributed by atoms with Gasteiger partial charge in [0.15, 0.2) is 0 Å². The largest absolute Gasteiger partial charge is 0.496 e. The summed E-state index contributed by atoms with van der Waals surface area (Å²) in [6, 6.07) is 7.07. The molecule has 5 nitrogen and oxygen atoms in total. The van der Waals surface area contributed by atoms with Crippen LogP contribution in [0, 0.1) is 0 Å². The molecule has 1 aromatic carbocycles. The molecule has 0 heterocycles. The van der Waals surface area contributed by atoms with E-state index in [9.17, 15) is 4.79 Å². The first-order chi connectivity index (χ1) is 8.19. The van der Waals surface area contributed by atoms with Crippen LogP contribution in [0.25, 0.3) is 0 Å². The van der Waals surface area contributed by atoms with Gasteiger partial charge in [-0.05, 0) is 13.1 Å². The Kier molecular flexibility index (Phi) is 5.45. The van der Waals surface area contributed by atoms with E-state index in [1.54, 1.807) is 14.2 Å². The minimum Gasteiger partial charge on any atom is -0.496 e. The van der Waals surface area contributed by atoms with Crippen LogP contribution in [0.5, 0.6) is 5.75 Å². The van der Waals surface area contributed by atoms with Crippen LogP contribution in [0.2, 0.25) is 0 Å². The number of benzene rings is 1. The van der Waals surface area contributed by atoms with E-state index < -0.39 is 12.0 Å². The van der Waals surface area contributed by atoms with Gasteiger partial charge in [0.1, 0.15) is 11.8 Å². The SMILES string of the molecule is CNC(CNCc1ccccc1OC)C(=O)O. The molecule has 0 aromatic heterocycles. The quantitative estimate of drug-likeness (QED) is 0.643. The summed E-state index contributed by atoms with van der Waals surface area (Å²) in [4.78, 5) is 10.8. The number of methoxy groups -OCH3 is 1. The van der Waals surface area contributed by atoms with Gasteiger partial charge in [-0.1, -0.05) is 18.2 Å². The van der Waals surface area contributed by atoms with Crippen LogP contribution >= 0.6 is 0 Å². The van der Waals surface area contributed by atoms with Crippen LogP contribution in [0.3, 0.4) is 0 Å². The first-order valence-electron chi connectivity index (χ1n) is 5.41. The first-order valence-corrected chi connectivity index (χ1v) is 5.41. The minimum atomic E-state index is -0.861. The second kappa shape index (κ2) is 6.88. The molecule has 0 fully saturated rings. The van der Waals surface area contributed by atoms with Crippen molar-refractivity contribution in [1.82, 2.24) is 10.6 Å². The molecule has 1 aromatic rings. The number of carbonyl (C=O) groups is 1. The highest BCUT2D eigenvalue weighted by molar-refractivity contribution is 5.73. The minimum absolute atomic E-state index is 0.365. The van der Waals surface area contributed by atoms with Crippen molar-refractivity contribution in [1.29, 1.82) is 0 Å². The van der Waals surface area contributed by atoms with Crippen molar-refractivity contribution in [2.45, 2.75) is 12.6 Å². The predicted molar refractivity (Wildman–Crippen MR) is 65.2 cm³/mol. The summed E-state index contributed by atoms with van der Waals surface area (Å²) in [7, 11) is 3.25. The third-order valence-electron chi connectivity index (χ3n) is 2.50. The Bertz CT molecular complexity index is 369. The normalized spacial score (nSPS) is 12.1. The molecule has 0 spiro atoms. The first kappa shape index (κ1) is 13.5. The molecule has 0 saturated heterocycles. The van der Waals surface area contributed by atoms with E-state index in [-0.39, 0.29) is 0 Å². The molecule has 0 bridgehead atoms. The van der Waals surface area contributed by atoms with Gasteiger partial charge in [0, 0.05) is 18.7 Å². The van der Waals surface area contributed by atoms with Crippen LogP contribution in [-0.4, -0.2) is 37.8 Å². The van der Waals surface area contributed by atoms with Crippen LogP contribution < -0.4 is 15.4 Å². The van der Waals surface area contributed by atoms with Crippen molar-refractivity contribution in [3.05, 3.63) is 29.8 Å². The van der Waals surface area contributed by atoms with E-state index in [1.165, 1.54) is 0 Å². The number of hydrogen-bond acceptors (Lipinski definition) is 4. The van der Waals surface area contributed by atoms with Gasteiger partial charge in [-0.15, -0.1) is 0 Å². The maximum atomic E-state index is 10.8. The van der Waals surface area contributed by atoms with Crippen molar-refractivity contribution in [2.75, 3.05) is 20.7 Å². The van der Waals surface area contributed by atoms with Crippen LogP contribution in [0.4, 0.5) is 0 Å². The van der Waals surface area contributed by atoms with Gasteiger partial charge in [0.25, 0.3) is 0 Å². The lowest BCUT2D eigenvalue weighted by Crippen LogP contribution is -2.42. The van der Waals surface area contributed by atoms with Crippen molar-refractivity contribution in [2.24, 2.45) is 0 Å². The second-order valence-electron chi connectivity index (χ2n) is 3.62. The lowest BCUT2D eigenvalue weighted by atomic mass is 10.2. The maximum absolute atomic E-state index is 10.8. The molecule has 94 valence electrons. The third kappa shape index (κ3) is 4.05. The van der Waals surface area contributed by atoms with Gasteiger partial charge in [-0.25, -0.2) is 0 Å². The fraction of sp³-hybridized carbons (Fsp3) is 0.417. The molecule has 5 heteroatoms. The van der Waals surface area contributed by atoms with Crippen molar-refractivity contribution in [3.63, 3.8) is 0 Å². The second-order valence-corrected chi connectivity index (χ2v) is 3.62. The van der Waals surface area contributed by atoms with E-state index in [1.807, 2.05) is 24.3 Å². The molecule has 3 N–H and O–H groups in total. The van der Waals surface area contributed by atoms with E-state index in [0.29, 0.717) is 13.1 Å². The molecular formula is C12H18N2O3. The number of hydrogen-bond donors (Lipinski definition) is 3. The maximum Gasteiger partial charge on any atom is 0.322 e. The number of likely N-dealkylation sites (N-methyl/N-ethyl adjacent to an activating group) is 1. The Balaban J connectivity index is 2.47. The van der Waals surface area contributed by atoms with E-state index >= 15 is 0 Å². The summed E-state index contributed by atoms with van der Waals surface area (Å²) in [5.41, 5.74) is 1.01. The van der Waals surface area contributed by atoms with Gasteiger partial charge in [0.05, 0.1) is 7.11 Å². The average molecular weight is 238 g/mol. The number of para-hydroxylation sites is 1. The summed E-state index contributed by atoms with van der Waals surface area (Å²) >= 11 is 0. The lowest BCUT2D eigenvalue weighted by molar-refractivity contribution is -0.139. The van der Waals surface area contributed by atoms with Crippen LogP contribution in [-0.2, 0) is 11.3 Å². The monoisotopic (exact) mass is 238 g/mol. The van der Waals surface area contributed by atoms with Gasteiger partial charge >= 0.3 is 5.97 Å². The number of carboxylic acid groups (broad SMARTS) is 1. The lowest BCUT2D eigenvalue weighted by Gasteiger charge is -2.13. The molecule has 17 heavy (non-hydrogen) atoms. The Morgan fingerprint density at radius 3 is 2.76 bits per heavy atom. The van der Waals surface area contributed by atoms with Gasteiger partial charge in [-0.3, -0.25) is 4.79 Å². The van der Waals surface area contributed by atoms with Gasteiger partial charge in [-0.2, -0.15) is 0 Å². The molecule has 0 aliphatic heterocycles. The smallest absolute Gasteiger partial charge is 0.322 e. The summed E-state index contributed by atoms with van der Waals surface area (Å²) in [6.07, 6.45) is 0. The highest BCUT2D eigenvalue weighted by atomic mass is 16.5. The Morgan fingerprint density at radius 1 is 1.47 bits per heavy atom. The number of aliphatic carboxylic acids is 1. The van der Waals surface area contributed by atoms with Crippen molar-refractivity contribution < 1.29 is 14.6 Å². The average Bonchev–Trinajstić information content (AvgIpc) is 2.34. The number of ether oxygens (including phenoxy) is 1. The van der Waals surface area contributed by atoms with Crippen molar-refractivity contribution in [3.8, 4) is 5.75 Å². The molecule has 0 aliphatic carbocycles. The Labute approximate surface area is 101 Å². The molecule has 0 saturated carbocycles. The third-order valence-corrected chi connectivity index (χ3v) is 2.50. The highest BCUT2D eigenvalue weighted by Crippen LogP contribution is 2.16. The zero-order chi connectivity index (χ0) is 12.7. The van der Waals surface area contributed by atoms with E-state index in [0.717, 1.165) is 11.3 Å². The van der Waals surface area contributed by atoms with E-state index in [4.69, 9.17) is 9.84 Å². The summed E-state index contributed by atoms with van der Waals surface area (Å²) in [6.45, 7) is 0.944. The molecule has 0 radical (unpaired) electrons. The Morgan fingerprint density at radius 2 is 2.18 bits per heavy atom. The molecule has 0 amide bonds. The molecule has 1 atom stereocenters. The number of carboxylic acids is 1. The van der Waals surface area contributed by atoms with Gasteiger partial charge < -0.3 is 20.5 Å². The molecular weight excluding hydrogens is 220 g/mol. The fourth-order valence-corrected chi connectivity index (χ4v) is 1.51. The van der Waals surface area contributed by atoms with Crippen LogP contribution in [0.1, 0.15) is 5.56 Å². The van der Waals surface area contributed by atoms with Crippen LogP contribution in [0.15, 0.2) is 24.3 Å². The topological polar surface area (TPSA) is 70.6 Å². The zero-order valence-corrected chi connectivity index (χ0v) is 10.1. The molecule has 1 rings (SSSR count). The number of nitrogens with one attached hydrogen (secondary N) is 2. The fourth-order valence-electron chi connectivity index (χ4n) is 1.51. The van der Waals surface area contributed by atoms with Crippen molar-refractivity contribution >= 4 is 5.97 Å². The number of rotatable bonds is 7. The summed E-state index contributed by atoms with van der Waals surface area (Å²) in [5, 5.41) is 14.7. The summed E-state index contributed by atoms with van der Waals surface area (Å²) < 4.78 is 5.20. The molecule has 1 unspecified atom stereocenters. The zero-order valence-electron chi connectivity index (χ0n) is 10.1. The summed E-state index contributed by atoms with van der Waals surface area (Å²) in [5.74, 6) is -0.0589.